The highest BCUT2D eigenvalue weighted by atomic mass is 19.1. The molecule has 11 heteroatoms. The molecule has 1 aromatic heterocycles. The van der Waals surface area contributed by atoms with Crippen molar-refractivity contribution in [3.63, 3.8) is 0 Å². The van der Waals surface area contributed by atoms with Gasteiger partial charge in [0.05, 0.1) is 29.5 Å². The first-order valence-corrected chi connectivity index (χ1v) is 10.1. The zero-order valence-corrected chi connectivity index (χ0v) is 16.7. The number of piperazine rings is 1. The lowest BCUT2D eigenvalue weighted by atomic mass is 10.1. The van der Waals surface area contributed by atoms with Crippen molar-refractivity contribution in [3.8, 4) is 0 Å². The van der Waals surface area contributed by atoms with Crippen LogP contribution in [-0.2, 0) is 4.74 Å². The van der Waals surface area contributed by atoms with E-state index in [0.29, 0.717) is 69.4 Å². The van der Waals surface area contributed by atoms with Crippen LogP contribution in [0.1, 0.15) is 0 Å². The van der Waals surface area contributed by atoms with Gasteiger partial charge in [-0.2, -0.15) is 0 Å². The van der Waals surface area contributed by atoms with Gasteiger partial charge in [0, 0.05) is 39.3 Å². The molecule has 2 aliphatic heterocycles. The molecule has 10 nitrogen and oxygen atoms in total. The number of benzene rings is 2. The number of nitrogens with zero attached hydrogens (tertiary/aromatic N) is 6. The molecule has 2 saturated heterocycles. The first kappa shape index (κ1) is 19.5. The second-order valence-electron chi connectivity index (χ2n) is 7.51. The van der Waals surface area contributed by atoms with Gasteiger partial charge < -0.3 is 19.4 Å². The normalized spacial score (nSPS) is 17.4. The van der Waals surface area contributed by atoms with Crippen molar-refractivity contribution in [2.75, 3.05) is 67.2 Å². The van der Waals surface area contributed by atoms with Crippen LogP contribution in [0.2, 0.25) is 0 Å². The lowest BCUT2D eigenvalue weighted by Crippen LogP contribution is -2.47. The minimum atomic E-state index is -0.433. The van der Waals surface area contributed by atoms with Gasteiger partial charge in [0.1, 0.15) is 11.5 Å². The number of anilines is 3. The summed E-state index contributed by atoms with van der Waals surface area (Å²) >= 11 is 0. The number of morpholine rings is 1. The Morgan fingerprint density at radius 2 is 1.48 bits per heavy atom. The molecular weight excluding hydrogens is 407 g/mol. The topological polar surface area (TPSA) is 101 Å². The number of rotatable bonds is 4. The van der Waals surface area contributed by atoms with E-state index in [0.717, 1.165) is 5.69 Å². The molecule has 0 unspecified atom stereocenters. The summed E-state index contributed by atoms with van der Waals surface area (Å²) in [6.07, 6.45) is 0. The smallest absolute Gasteiger partial charge is 0.323 e. The lowest BCUT2D eigenvalue weighted by Gasteiger charge is -2.38. The van der Waals surface area contributed by atoms with Gasteiger partial charge in [-0.05, 0) is 28.5 Å². The number of hydrogen-bond acceptors (Lipinski definition) is 9. The highest BCUT2D eigenvalue weighted by Gasteiger charge is 2.32. The summed E-state index contributed by atoms with van der Waals surface area (Å²) in [5, 5.41) is 19.7. The van der Waals surface area contributed by atoms with E-state index in [2.05, 4.69) is 15.2 Å². The number of nitro groups is 1. The van der Waals surface area contributed by atoms with E-state index in [-0.39, 0.29) is 17.0 Å². The summed E-state index contributed by atoms with van der Waals surface area (Å²) in [7, 11) is 0. The first-order valence-electron chi connectivity index (χ1n) is 10.1. The number of nitro benzene ring substituents is 1. The van der Waals surface area contributed by atoms with Gasteiger partial charge in [-0.3, -0.25) is 10.1 Å². The Morgan fingerprint density at radius 1 is 0.871 bits per heavy atom. The second kappa shape index (κ2) is 7.99. The van der Waals surface area contributed by atoms with Gasteiger partial charge in [0.15, 0.2) is 5.52 Å². The summed E-state index contributed by atoms with van der Waals surface area (Å²) in [6, 6.07) is 8.52. The summed E-state index contributed by atoms with van der Waals surface area (Å²) in [4.78, 5) is 17.5. The first-order chi connectivity index (χ1) is 15.1. The van der Waals surface area contributed by atoms with Crippen LogP contribution < -0.4 is 14.7 Å². The standard InChI is InChI=1S/C20H21FN6O4/c21-14-3-1-2-4-15(14)24-5-7-25(8-6-24)16-13-17(26-9-11-30-12-10-26)20(27(28)29)19-18(16)22-31-23-19/h1-4,13H,5-12H2. The summed E-state index contributed by atoms with van der Waals surface area (Å²) < 4.78 is 24.5. The molecule has 0 saturated carbocycles. The molecule has 0 atom stereocenters. The molecule has 3 heterocycles. The fraction of sp³-hybridized carbons (Fsp3) is 0.400. The van der Waals surface area contributed by atoms with Crippen LogP contribution in [0.15, 0.2) is 35.0 Å². The summed E-state index contributed by atoms with van der Waals surface area (Å²) in [5.74, 6) is -0.246. The van der Waals surface area contributed by atoms with Gasteiger partial charge in [-0.15, -0.1) is 0 Å². The van der Waals surface area contributed by atoms with Crippen LogP contribution in [0.25, 0.3) is 11.0 Å². The molecule has 0 aliphatic carbocycles. The van der Waals surface area contributed by atoms with E-state index in [1.54, 1.807) is 18.2 Å². The number of para-hydroxylation sites is 1. The Hall–Kier alpha value is -3.47. The third kappa shape index (κ3) is 3.50. The zero-order valence-electron chi connectivity index (χ0n) is 16.7. The van der Waals surface area contributed by atoms with E-state index in [9.17, 15) is 14.5 Å². The Balaban J connectivity index is 1.49. The monoisotopic (exact) mass is 428 g/mol. The Bertz CT molecular complexity index is 1110. The molecule has 162 valence electrons. The third-order valence-electron chi connectivity index (χ3n) is 5.82. The summed E-state index contributed by atoms with van der Waals surface area (Å²) in [6.45, 7) is 4.55. The molecule has 5 rings (SSSR count). The molecule has 2 aliphatic rings. The highest BCUT2D eigenvalue weighted by Crippen LogP contribution is 2.41. The fourth-order valence-electron chi connectivity index (χ4n) is 4.26. The van der Waals surface area contributed by atoms with Crippen molar-refractivity contribution < 1.29 is 18.7 Å². The molecule has 0 radical (unpaired) electrons. The van der Waals surface area contributed by atoms with Crippen LogP contribution in [-0.4, -0.2) is 67.7 Å². The summed E-state index contributed by atoms with van der Waals surface area (Å²) in [5.41, 5.74) is 2.20. The number of fused-ring (bicyclic) bond motifs is 1. The van der Waals surface area contributed by atoms with Crippen LogP contribution in [0.4, 0.5) is 27.1 Å². The molecule has 0 bridgehead atoms. The number of halogens is 1. The number of hydrogen-bond donors (Lipinski definition) is 0. The minimum absolute atomic E-state index is 0.105. The molecule has 0 spiro atoms. The van der Waals surface area contributed by atoms with E-state index < -0.39 is 4.92 Å². The predicted octanol–water partition coefficient (Wildman–Crippen LogP) is 2.43. The third-order valence-corrected chi connectivity index (χ3v) is 5.82. The Labute approximate surface area is 176 Å². The quantitative estimate of drug-likeness (QED) is 0.458. The van der Waals surface area contributed by atoms with E-state index in [1.807, 2.05) is 15.9 Å². The molecular formula is C20H21FN6O4. The Kier molecular flexibility index (Phi) is 5.02. The van der Waals surface area contributed by atoms with Crippen molar-refractivity contribution >= 4 is 33.8 Å². The van der Waals surface area contributed by atoms with Gasteiger partial charge in [0.25, 0.3) is 0 Å². The molecule has 2 aromatic carbocycles. The largest absolute Gasteiger partial charge is 0.378 e. The SMILES string of the molecule is O=[N+]([O-])c1c(N2CCOCC2)cc(N2CCN(c3ccccc3F)CC2)c2nonc12. The van der Waals surface area contributed by atoms with Gasteiger partial charge in [0.2, 0.25) is 5.52 Å². The predicted molar refractivity (Wildman–Crippen MR) is 112 cm³/mol. The molecule has 0 N–H and O–H groups in total. The van der Waals surface area contributed by atoms with Crippen LogP contribution >= 0.6 is 0 Å². The second-order valence-corrected chi connectivity index (χ2v) is 7.51. The van der Waals surface area contributed by atoms with Gasteiger partial charge in [-0.25, -0.2) is 9.02 Å². The molecule has 3 aromatic rings. The maximum absolute atomic E-state index is 14.2. The van der Waals surface area contributed by atoms with Crippen LogP contribution in [0, 0.1) is 15.9 Å². The average molecular weight is 428 g/mol. The zero-order chi connectivity index (χ0) is 21.4. The Morgan fingerprint density at radius 3 is 2.16 bits per heavy atom. The van der Waals surface area contributed by atoms with E-state index in [4.69, 9.17) is 9.37 Å². The number of aromatic nitrogens is 2. The average Bonchev–Trinajstić information content (AvgIpc) is 3.28. The van der Waals surface area contributed by atoms with Crippen molar-refractivity contribution in [2.45, 2.75) is 0 Å². The molecule has 0 amide bonds. The van der Waals surface area contributed by atoms with Crippen molar-refractivity contribution in [1.29, 1.82) is 0 Å². The van der Waals surface area contributed by atoms with Crippen molar-refractivity contribution in [1.82, 2.24) is 10.3 Å². The van der Waals surface area contributed by atoms with Gasteiger partial charge in [-0.1, -0.05) is 12.1 Å². The van der Waals surface area contributed by atoms with Crippen LogP contribution in [0.5, 0.6) is 0 Å². The van der Waals surface area contributed by atoms with E-state index in [1.165, 1.54) is 6.07 Å². The van der Waals surface area contributed by atoms with Gasteiger partial charge >= 0.3 is 5.69 Å². The highest BCUT2D eigenvalue weighted by molar-refractivity contribution is 6.00. The maximum Gasteiger partial charge on any atom is 0.323 e. The molecule has 2 fully saturated rings. The molecule has 31 heavy (non-hydrogen) atoms. The van der Waals surface area contributed by atoms with E-state index >= 15 is 0 Å². The maximum atomic E-state index is 14.2. The fourth-order valence-corrected chi connectivity index (χ4v) is 4.26. The van der Waals surface area contributed by atoms with Crippen molar-refractivity contribution in [3.05, 3.63) is 46.3 Å². The van der Waals surface area contributed by atoms with Crippen LogP contribution in [0.3, 0.4) is 0 Å². The number of ether oxygens (including phenoxy) is 1. The van der Waals surface area contributed by atoms with Crippen molar-refractivity contribution in [2.24, 2.45) is 0 Å². The minimum Gasteiger partial charge on any atom is -0.378 e. The lowest BCUT2D eigenvalue weighted by molar-refractivity contribution is -0.382.